The van der Waals surface area contributed by atoms with Gasteiger partial charge >= 0.3 is 0 Å². The molecule has 1 aliphatic heterocycles. The minimum atomic E-state index is 0.500. The molecule has 0 radical (unpaired) electrons. The molecule has 7 heavy (non-hydrogen) atoms. The molecule has 0 amide bonds. The van der Waals surface area contributed by atoms with E-state index in [2.05, 4.69) is 10.3 Å². The molecule has 1 aliphatic rings. The van der Waals surface area contributed by atoms with E-state index < -0.39 is 0 Å². The van der Waals surface area contributed by atoms with Crippen LogP contribution in [0.15, 0.2) is 11.8 Å². The Labute approximate surface area is 41.1 Å². The summed E-state index contributed by atoms with van der Waals surface area (Å²) in [4.78, 5) is 4.58. The summed E-state index contributed by atoms with van der Waals surface area (Å²) in [6.45, 7) is 0.503. The minimum absolute atomic E-state index is 0.500. The SMILES string of the molecule is N#CC1=CCON1. The van der Waals surface area contributed by atoms with Crippen molar-refractivity contribution in [2.75, 3.05) is 6.61 Å². The zero-order valence-corrected chi connectivity index (χ0v) is 3.64. The van der Waals surface area contributed by atoms with Crippen molar-refractivity contribution < 1.29 is 4.84 Å². The number of nitrogens with zero attached hydrogens (tertiary/aromatic N) is 1. The number of hydroxylamine groups is 1. The van der Waals surface area contributed by atoms with Crippen LogP contribution in [-0.2, 0) is 4.84 Å². The molecule has 0 unspecified atom stereocenters. The zero-order valence-electron chi connectivity index (χ0n) is 3.64. The molecule has 0 aromatic rings. The van der Waals surface area contributed by atoms with Gasteiger partial charge in [0.2, 0.25) is 0 Å². The standard InChI is InChI=1S/C4H4N2O/c5-3-4-1-2-7-6-4/h1,6H,2H2. The lowest BCUT2D eigenvalue weighted by molar-refractivity contribution is 0.111. The van der Waals surface area contributed by atoms with Gasteiger partial charge in [0.25, 0.3) is 0 Å². The van der Waals surface area contributed by atoms with E-state index in [1.54, 1.807) is 6.08 Å². The molecule has 1 heterocycles. The minimum Gasteiger partial charge on any atom is -0.271 e. The molecule has 0 fully saturated rings. The topological polar surface area (TPSA) is 45.0 Å². The second-order valence-electron chi connectivity index (χ2n) is 1.14. The molecule has 0 spiro atoms. The molecular weight excluding hydrogens is 92.1 g/mol. The molecule has 36 valence electrons. The highest BCUT2D eigenvalue weighted by atomic mass is 16.6. The van der Waals surface area contributed by atoms with E-state index in [1.807, 2.05) is 6.07 Å². The summed E-state index contributed by atoms with van der Waals surface area (Å²) in [5, 5.41) is 8.11. The first-order valence-electron chi connectivity index (χ1n) is 1.91. The van der Waals surface area contributed by atoms with E-state index >= 15 is 0 Å². The van der Waals surface area contributed by atoms with Gasteiger partial charge in [-0.25, -0.2) is 0 Å². The number of rotatable bonds is 0. The lowest BCUT2D eigenvalue weighted by atomic mass is 10.5. The quantitative estimate of drug-likeness (QED) is 0.459. The third-order valence-corrected chi connectivity index (χ3v) is 0.673. The van der Waals surface area contributed by atoms with Crippen molar-refractivity contribution in [1.82, 2.24) is 5.48 Å². The fourth-order valence-electron chi connectivity index (χ4n) is 0.355. The van der Waals surface area contributed by atoms with Crippen LogP contribution >= 0.6 is 0 Å². The van der Waals surface area contributed by atoms with Gasteiger partial charge < -0.3 is 0 Å². The third kappa shape index (κ3) is 0.699. The Kier molecular flexibility index (Phi) is 0.966. The van der Waals surface area contributed by atoms with E-state index in [1.165, 1.54) is 0 Å². The van der Waals surface area contributed by atoms with Crippen molar-refractivity contribution in [3.63, 3.8) is 0 Å². The Morgan fingerprint density at radius 2 is 2.86 bits per heavy atom. The molecule has 3 nitrogen and oxygen atoms in total. The van der Waals surface area contributed by atoms with Crippen LogP contribution in [0, 0.1) is 11.3 Å². The summed E-state index contributed by atoms with van der Waals surface area (Å²) >= 11 is 0. The van der Waals surface area contributed by atoms with Crippen molar-refractivity contribution in [2.24, 2.45) is 0 Å². The first-order chi connectivity index (χ1) is 3.43. The lowest BCUT2D eigenvalue weighted by Crippen LogP contribution is -2.03. The predicted molar refractivity (Wildman–Crippen MR) is 22.8 cm³/mol. The molecule has 3 heteroatoms. The summed E-state index contributed by atoms with van der Waals surface area (Å²) in [5.74, 6) is 0. The Morgan fingerprint density at radius 1 is 2.00 bits per heavy atom. The molecule has 0 saturated carbocycles. The van der Waals surface area contributed by atoms with Crippen LogP contribution in [0.4, 0.5) is 0 Å². The van der Waals surface area contributed by atoms with Crippen LogP contribution < -0.4 is 5.48 Å². The second-order valence-corrected chi connectivity index (χ2v) is 1.14. The predicted octanol–water partition coefficient (Wildman–Crippen LogP) is -0.0713. The Bertz CT molecular complexity index is 133. The smallest absolute Gasteiger partial charge is 0.136 e. The summed E-state index contributed by atoms with van der Waals surface area (Å²) in [6, 6.07) is 1.89. The summed E-state index contributed by atoms with van der Waals surface area (Å²) < 4.78 is 0. The van der Waals surface area contributed by atoms with Gasteiger partial charge in [-0.1, -0.05) is 0 Å². The van der Waals surface area contributed by atoms with Gasteiger partial charge in [0.1, 0.15) is 11.8 Å². The van der Waals surface area contributed by atoms with E-state index in [4.69, 9.17) is 5.26 Å². The van der Waals surface area contributed by atoms with E-state index in [0.717, 1.165) is 0 Å². The van der Waals surface area contributed by atoms with Crippen LogP contribution in [-0.4, -0.2) is 6.61 Å². The molecule has 0 saturated heterocycles. The maximum absolute atomic E-state index is 8.11. The van der Waals surface area contributed by atoms with Crippen molar-refractivity contribution >= 4 is 0 Å². The highest BCUT2D eigenvalue weighted by Gasteiger charge is 1.98. The van der Waals surface area contributed by atoms with Crippen LogP contribution in [0.1, 0.15) is 0 Å². The van der Waals surface area contributed by atoms with E-state index in [-0.39, 0.29) is 0 Å². The Balaban J connectivity index is 2.57. The van der Waals surface area contributed by atoms with Crippen molar-refractivity contribution in [1.29, 1.82) is 5.26 Å². The van der Waals surface area contributed by atoms with Crippen molar-refractivity contribution in [3.05, 3.63) is 11.8 Å². The fourth-order valence-corrected chi connectivity index (χ4v) is 0.355. The maximum Gasteiger partial charge on any atom is 0.136 e. The molecular formula is C4H4N2O. The number of nitrogens with one attached hydrogen (secondary N) is 1. The van der Waals surface area contributed by atoms with Crippen molar-refractivity contribution in [2.45, 2.75) is 0 Å². The average molecular weight is 96.1 g/mol. The zero-order chi connectivity index (χ0) is 5.11. The largest absolute Gasteiger partial charge is 0.271 e. The molecule has 1 N–H and O–H groups in total. The maximum atomic E-state index is 8.11. The summed E-state index contributed by atoms with van der Waals surface area (Å²) in [7, 11) is 0. The number of nitriles is 1. The first-order valence-corrected chi connectivity index (χ1v) is 1.91. The van der Waals surface area contributed by atoms with E-state index in [0.29, 0.717) is 12.3 Å². The normalized spacial score (nSPS) is 17.3. The second kappa shape index (κ2) is 1.63. The number of hydrogen-bond donors (Lipinski definition) is 1. The molecule has 0 bridgehead atoms. The van der Waals surface area contributed by atoms with Crippen LogP contribution in [0.3, 0.4) is 0 Å². The fraction of sp³-hybridized carbons (Fsp3) is 0.250. The highest BCUT2D eigenvalue weighted by Crippen LogP contribution is 1.92. The number of hydrogen-bond acceptors (Lipinski definition) is 3. The van der Waals surface area contributed by atoms with Gasteiger partial charge in [0.15, 0.2) is 0 Å². The van der Waals surface area contributed by atoms with Crippen LogP contribution in [0.5, 0.6) is 0 Å². The van der Waals surface area contributed by atoms with Gasteiger partial charge in [-0.15, -0.1) is 0 Å². The highest BCUT2D eigenvalue weighted by molar-refractivity contribution is 5.18. The monoisotopic (exact) mass is 96.0 g/mol. The van der Waals surface area contributed by atoms with Gasteiger partial charge in [0.05, 0.1) is 6.61 Å². The molecule has 0 atom stereocenters. The molecule has 0 aromatic carbocycles. The Morgan fingerprint density at radius 3 is 3.14 bits per heavy atom. The molecule has 1 rings (SSSR count). The molecule has 0 aliphatic carbocycles. The summed E-state index contributed by atoms with van der Waals surface area (Å²) in [5.41, 5.74) is 2.91. The lowest BCUT2D eigenvalue weighted by Gasteiger charge is -1.87. The molecule has 0 aromatic heterocycles. The average Bonchev–Trinajstić information content (AvgIpc) is 2.14. The third-order valence-electron chi connectivity index (χ3n) is 0.673. The van der Waals surface area contributed by atoms with E-state index in [9.17, 15) is 0 Å². The van der Waals surface area contributed by atoms with Gasteiger partial charge in [-0.05, 0) is 6.08 Å². The number of allylic oxidation sites excluding steroid dienone is 1. The Hall–Kier alpha value is -1.01. The first kappa shape index (κ1) is 4.16. The van der Waals surface area contributed by atoms with Crippen LogP contribution in [0.25, 0.3) is 0 Å². The van der Waals surface area contributed by atoms with Crippen LogP contribution in [0.2, 0.25) is 0 Å². The van der Waals surface area contributed by atoms with Gasteiger partial charge in [-0.2, -0.15) is 5.26 Å². The van der Waals surface area contributed by atoms with Crippen molar-refractivity contribution in [3.8, 4) is 6.07 Å². The summed E-state index contributed by atoms with van der Waals surface area (Å²) in [6.07, 6.45) is 1.68. The van der Waals surface area contributed by atoms with Gasteiger partial charge in [-0.3, -0.25) is 10.3 Å². The van der Waals surface area contributed by atoms with Gasteiger partial charge in [0, 0.05) is 0 Å².